The van der Waals surface area contributed by atoms with E-state index in [1.165, 1.54) is 0 Å². The van der Waals surface area contributed by atoms with Crippen LogP contribution >= 0.6 is 0 Å². The second kappa shape index (κ2) is 5.85. The van der Waals surface area contributed by atoms with Gasteiger partial charge in [-0.25, -0.2) is 0 Å². The van der Waals surface area contributed by atoms with E-state index >= 15 is 0 Å². The summed E-state index contributed by atoms with van der Waals surface area (Å²) in [5.74, 6) is -1.07. The van der Waals surface area contributed by atoms with Gasteiger partial charge < -0.3 is 20.2 Å². The van der Waals surface area contributed by atoms with Gasteiger partial charge in [0.25, 0.3) is 5.91 Å². The second-order valence-electron chi connectivity index (χ2n) is 3.68. The number of carbonyl (C=O) groups is 3. The van der Waals surface area contributed by atoms with Crippen LogP contribution in [0.25, 0.3) is 0 Å². The molecule has 0 bridgehead atoms. The van der Waals surface area contributed by atoms with E-state index in [0.717, 1.165) is 0 Å². The first-order valence-corrected chi connectivity index (χ1v) is 5.24. The fourth-order valence-electron chi connectivity index (χ4n) is 1.35. The Morgan fingerprint density at radius 3 is 2.39 bits per heavy atom. The number of amides is 2. The molecule has 2 amide bonds. The Morgan fingerprint density at radius 2 is 1.89 bits per heavy atom. The molecule has 0 saturated carbocycles. The Morgan fingerprint density at radius 1 is 1.22 bits per heavy atom. The van der Waals surface area contributed by atoms with Gasteiger partial charge in [-0.2, -0.15) is 0 Å². The number of carboxylic acid groups (broad SMARTS) is 1. The minimum Gasteiger partial charge on any atom is -0.480 e. The zero-order valence-corrected chi connectivity index (χ0v) is 10.1. The Balaban J connectivity index is 2.44. The Hall–Kier alpha value is -2.31. The number of aliphatic carboxylic acids is 1. The number of rotatable bonds is 5. The molecular weight excluding hydrogens is 240 g/mol. The third kappa shape index (κ3) is 3.93. The van der Waals surface area contributed by atoms with Gasteiger partial charge >= 0.3 is 5.97 Å². The number of hydrogen-bond donors (Lipinski definition) is 3. The minimum absolute atomic E-state index is 0.282. The molecule has 1 aromatic rings. The lowest BCUT2D eigenvalue weighted by atomic mass is 10.2. The van der Waals surface area contributed by atoms with Crippen molar-refractivity contribution in [3.05, 3.63) is 23.2 Å². The maximum absolute atomic E-state index is 11.7. The monoisotopic (exact) mass is 254 g/mol. The van der Waals surface area contributed by atoms with Crippen molar-refractivity contribution in [3.8, 4) is 0 Å². The lowest BCUT2D eigenvalue weighted by molar-refractivity contribution is -0.137. The smallest absolute Gasteiger partial charge is 0.322 e. The molecule has 0 aliphatic carbocycles. The first-order valence-electron chi connectivity index (χ1n) is 5.24. The molecule has 0 aliphatic rings. The van der Waals surface area contributed by atoms with E-state index in [2.05, 4.69) is 10.6 Å². The highest BCUT2D eigenvalue weighted by molar-refractivity contribution is 5.97. The summed E-state index contributed by atoms with van der Waals surface area (Å²) in [5.41, 5.74) is 0.360. The summed E-state index contributed by atoms with van der Waals surface area (Å²) in [4.78, 5) is 33.0. The van der Waals surface area contributed by atoms with Crippen molar-refractivity contribution in [3.63, 3.8) is 0 Å². The predicted octanol–water partition coefficient (Wildman–Crippen LogP) is -0.173. The quantitative estimate of drug-likeness (QED) is 0.675. The fourth-order valence-corrected chi connectivity index (χ4v) is 1.35. The Kier molecular flexibility index (Phi) is 4.47. The van der Waals surface area contributed by atoms with E-state index in [4.69, 9.17) is 9.52 Å². The van der Waals surface area contributed by atoms with Gasteiger partial charge in [0.2, 0.25) is 5.91 Å². The molecule has 0 spiro atoms. The van der Waals surface area contributed by atoms with Crippen molar-refractivity contribution in [1.29, 1.82) is 0 Å². The van der Waals surface area contributed by atoms with Crippen LogP contribution in [0.4, 0.5) is 0 Å². The molecule has 0 atom stereocenters. The number of furan rings is 1. The van der Waals surface area contributed by atoms with Crippen LogP contribution in [0.1, 0.15) is 21.9 Å². The van der Waals surface area contributed by atoms with Crippen LogP contribution < -0.4 is 10.6 Å². The topological polar surface area (TPSA) is 109 Å². The van der Waals surface area contributed by atoms with Gasteiger partial charge in [-0.3, -0.25) is 14.4 Å². The average Bonchev–Trinajstić information content (AvgIpc) is 2.62. The normalized spacial score (nSPS) is 9.89. The number of aryl methyl sites for hydroxylation is 2. The molecule has 0 radical (unpaired) electrons. The van der Waals surface area contributed by atoms with Gasteiger partial charge in [0, 0.05) is 0 Å². The number of nitrogens with one attached hydrogen (secondary N) is 2. The number of carbonyl (C=O) groups excluding carboxylic acids is 2. The van der Waals surface area contributed by atoms with Crippen LogP contribution in [0.3, 0.4) is 0 Å². The van der Waals surface area contributed by atoms with Crippen LogP contribution in [0.2, 0.25) is 0 Å². The van der Waals surface area contributed by atoms with E-state index in [1.807, 2.05) is 0 Å². The fraction of sp³-hybridized carbons (Fsp3) is 0.364. The number of carboxylic acids is 1. The van der Waals surface area contributed by atoms with E-state index < -0.39 is 24.3 Å². The zero-order valence-electron chi connectivity index (χ0n) is 10.1. The third-order valence-corrected chi connectivity index (χ3v) is 2.13. The molecule has 0 saturated heterocycles. The molecule has 1 heterocycles. The molecule has 0 aliphatic heterocycles. The molecule has 18 heavy (non-hydrogen) atoms. The van der Waals surface area contributed by atoms with Crippen LogP contribution in [0, 0.1) is 13.8 Å². The molecule has 98 valence electrons. The largest absolute Gasteiger partial charge is 0.480 e. The second-order valence-corrected chi connectivity index (χ2v) is 3.68. The van der Waals surface area contributed by atoms with Gasteiger partial charge in [0.1, 0.15) is 18.1 Å². The maximum Gasteiger partial charge on any atom is 0.322 e. The summed E-state index contributed by atoms with van der Waals surface area (Å²) in [7, 11) is 0. The van der Waals surface area contributed by atoms with Gasteiger partial charge in [0.15, 0.2) is 0 Å². The predicted molar refractivity (Wildman–Crippen MR) is 61.2 cm³/mol. The number of hydrogen-bond acceptors (Lipinski definition) is 4. The van der Waals surface area contributed by atoms with E-state index in [-0.39, 0.29) is 6.54 Å². The van der Waals surface area contributed by atoms with E-state index in [0.29, 0.717) is 17.1 Å². The summed E-state index contributed by atoms with van der Waals surface area (Å²) in [6.45, 7) is 2.60. The highest BCUT2D eigenvalue weighted by Gasteiger charge is 2.14. The van der Waals surface area contributed by atoms with Crippen LogP contribution in [0.15, 0.2) is 10.5 Å². The minimum atomic E-state index is -1.14. The van der Waals surface area contributed by atoms with Gasteiger partial charge in [0.05, 0.1) is 12.1 Å². The van der Waals surface area contributed by atoms with Gasteiger partial charge in [-0.1, -0.05) is 0 Å². The van der Waals surface area contributed by atoms with Gasteiger partial charge in [-0.15, -0.1) is 0 Å². The average molecular weight is 254 g/mol. The molecule has 7 heteroatoms. The highest BCUT2D eigenvalue weighted by atomic mass is 16.4. The van der Waals surface area contributed by atoms with Crippen molar-refractivity contribution in [1.82, 2.24) is 10.6 Å². The summed E-state index contributed by atoms with van der Waals surface area (Å²) >= 11 is 0. The van der Waals surface area contributed by atoms with Crippen LogP contribution in [0.5, 0.6) is 0 Å². The summed E-state index contributed by atoms with van der Waals surface area (Å²) in [5, 5.41) is 12.8. The SMILES string of the molecule is Cc1cc(C(=O)NCC(=O)NCC(=O)O)c(C)o1. The first kappa shape index (κ1) is 13.8. The molecule has 7 nitrogen and oxygen atoms in total. The Labute approximate surface area is 103 Å². The summed E-state index contributed by atoms with van der Waals surface area (Å²) in [6, 6.07) is 1.57. The molecular formula is C11H14N2O5. The van der Waals surface area contributed by atoms with Crippen molar-refractivity contribution < 1.29 is 23.9 Å². The summed E-state index contributed by atoms with van der Waals surface area (Å²) < 4.78 is 5.18. The standard InChI is InChI=1S/C11H14N2O5/c1-6-3-8(7(2)18-6)11(17)13-4-9(14)12-5-10(15)16/h3H,4-5H2,1-2H3,(H,12,14)(H,13,17)(H,15,16). The van der Waals surface area contributed by atoms with Crippen LogP contribution in [-0.4, -0.2) is 36.0 Å². The molecule has 0 aromatic carbocycles. The Bertz CT molecular complexity index is 478. The molecule has 0 unspecified atom stereocenters. The highest BCUT2D eigenvalue weighted by Crippen LogP contribution is 2.12. The molecule has 1 rings (SSSR count). The van der Waals surface area contributed by atoms with Crippen molar-refractivity contribution >= 4 is 17.8 Å². The lowest BCUT2D eigenvalue weighted by Gasteiger charge is -2.04. The molecule has 3 N–H and O–H groups in total. The van der Waals surface area contributed by atoms with Crippen LogP contribution in [-0.2, 0) is 9.59 Å². The molecule has 0 fully saturated rings. The zero-order chi connectivity index (χ0) is 13.7. The molecule has 1 aromatic heterocycles. The van der Waals surface area contributed by atoms with E-state index in [9.17, 15) is 14.4 Å². The first-order chi connectivity index (χ1) is 8.40. The van der Waals surface area contributed by atoms with E-state index in [1.54, 1.807) is 19.9 Å². The van der Waals surface area contributed by atoms with Crippen molar-refractivity contribution in [2.24, 2.45) is 0 Å². The third-order valence-electron chi connectivity index (χ3n) is 2.13. The summed E-state index contributed by atoms with van der Waals surface area (Å²) in [6.07, 6.45) is 0. The van der Waals surface area contributed by atoms with Gasteiger partial charge in [-0.05, 0) is 19.9 Å². The van der Waals surface area contributed by atoms with Crippen molar-refractivity contribution in [2.75, 3.05) is 13.1 Å². The lowest BCUT2D eigenvalue weighted by Crippen LogP contribution is -2.39. The van der Waals surface area contributed by atoms with Crippen molar-refractivity contribution in [2.45, 2.75) is 13.8 Å². The maximum atomic E-state index is 11.7.